The first-order valence-electron chi connectivity index (χ1n) is 10.3. The number of aryl methyl sites for hydroxylation is 1. The lowest BCUT2D eigenvalue weighted by Gasteiger charge is -2.31. The van der Waals surface area contributed by atoms with E-state index in [0.29, 0.717) is 33.2 Å². The highest BCUT2D eigenvalue weighted by Gasteiger charge is 2.29. The SMILES string of the molecule is Cc1onc2c1c(=O)n([C@H]1CCC[C@@H](CC(=O)Nc3nccs3)C1)c1cccc(Cl)c21. The summed E-state index contributed by atoms with van der Waals surface area (Å²) < 4.78 is 7.19. The molecule has 0 bridgehead atoms. The number of hydrogen-bond acceptors (Lipinski definition) is 6. The minimum absolute atomic E-state index is 0.0152. The molecule has 1 N–H and O–H groups in total. The van der Waals surface area contributed by atoms with Crippen molar-refractivity contribution < 1.29 is 9.32 Å². The van der Waals surface area contributed by atoms with Crippen molar-refractivity contribution in [2.75, 3.05) is 5.32 Å². The molecule has 0 radical (unpaired) electrons. The Kier molecular flexibility index (Phi) is 5.27. The lowest BCUT2D eigenvalue weighted by Crippen LogP contribution is -2.30. The minimum Gasteiger partial charge on any atom is -0.360 e. The van der Waals surface area contributed by atoms with E-state index in [1.54, 1.807) is 19.2 Å². The fourth-order valence-electron chi connectivity index (χ4n) is 4.74. The van der Waals surface area contributed by atoms with Crippen molar-refractivity contribution in [1.29, 1.82) is 0 Å². The number of nitrogens with one attached hydrogen (secondary N) is 1. The number of pyridine rings is 1. The summed E-state index contributed by atoms with van der Waals surface area (Å²) >= 11 is 7.92. The molecule has 0 spiro atoms. The quantitative estimate of drug-likeness (QED) is 0.448. The molecule has 1 saturated carbocycles. The number of thiazole rings is 1. The summed E-state index contributed by atoms with van der Waals surface area (Å²) in [5.41, 5.74) is 1.16. The first kappa shape index (κ1) is 20.2. The number of carbonyl (C=O) groups excluding carboxylic acids is 1. The zero-order valence-corrected chi connectivity index (χ0v) is 18.5. The third kappa shape index (κ3) is 3.64. The van der Waals surface area contributed by atoms with Crippen molar-refractivity contribution in [3.63, 3.8) is 0 Å². The number of amides is 1. The van der Waals surface area contributed by atoms with Crippen molar-refractivity contribution in [3.05, 3.63) is 50.9 Å². The molecule has 1 aromatic carbocycles. The Bertz CT molecular complexity index is 1330. The highest BCUT2D eigenvalue weighted by atomic mass is 35.5. The van der Waals surface area contributed by atoms with E-state index in [-0.39, 0.29) is 23.4 Å². The van der Waals surface area contributed by atoms with Gasteiger partial charge in [0.15, 0.2) is 5.13 Å². The van der Waals surface area contributed by atoms with E-state index in [2.05, 4.69) is 15.5 Å². The first-order chi connectivity index (χ1) is 15.0. The zero-order chi connectivity index (χ0) is 21.5. The van der Waals surface area contributed by atoms with Crippen molar-refractivity contribution in [1.82, 2.24) is 14.7 Å². The number of halogens is 1. The molecule has 31 heavy (non-hydrogen) atoms. The van der Waals surface area contributed by atoms with E-state index < -0.39 is 0 Å². The van der Waals surface area contributed by atoms with Crippen molar-refractivity contribution in [2.24, 2.45) is 5.92 Å². The highest BCUT2D eigenvalue weighted by Crippen LogP contribution is 2.38. The monoisotopic (exact) mass is 456 g/mol. The van der Waals surface area contributed by atoms with Gasteiger partial charge in [-0.2, -0.15) is 0 Å². The van der Waals surface area contributed by atoms with E-state index in [0.717, 1.165) is 36.6 Å². The number of rotatable bonds is 4. The van der Waals surface area contributed by atoms with E-state index >= 15 is 0 Å². The molecule has 160 valence electrons. The van der Waals surface area contributed by atoms with Crippen LogP contribution in [0.15, 0.2) is 39.1 Å². The van der Waals surface area contributed by atoms with Gasteiger partial charge in [-0.3, -0.25) is 9.59 Å². The molecule has 5 rings (SSSR count). The second kappa shape index (κ2) is 8.09. The molecule has 4 aromatic rings. The molecule has 0 unspecified atom stereocenters. The standard InChI is InChI=1S/C22H21ClN4O3S/c1-12-18-20(26-30-12)19-15(23)6-3-7-16(19)27(21(18)29)14-5-2-4-13(10-14)11-17(28)25-22-24-8-9-31-22/h3,6-9,13-14H,2,4-5,10-11H2,1H3,(H,24,25,28)/t13-,14+/m1/s1. The fraction of sp³-hybridized carbons (Fsp3) is 0.364. The van der Waals surface area contributed by atoms with Gasteiger partial charge in [0.2, 0.25) is 5.91 Å². The Hall–Kier alpha value is -2.71. The van der Waals surface area contributed by atoms with Gasteiger partial charge in [-0.1, -0.05) is 29.2 Å². The molecule has 0 aliphatic heterocycles. The molecular weight excluding hydrogens is 436 g/mol. The number of hydrogen-bond donors (Lipinski definition) is 1. The van der Waals surface area contributed by atoms with Crippen LogP contribution in [0.4, 0.5) is 5.13 Å². The second-order valence-corrected chi connectivity index (χ2v) is 9.35. The predicted octanol–water partition coefficient (Wildman–Crippen LogP) is 5.32. The summed E-state index contributed by atoms with van der Waals surface area (Å²) in [5, 5.41) is 11.2. The Labute approximate surface area is 187 Å². The summed E-state index contributed by atoms with van der Waals surface area (Å²) in [6.45, 7) is 1.75. The van der Waals surface area contributed by atoms with Gasteiger partial charge in [0.25, 0.3) is 5.56 Å². The van der Waals surface area contributed by atoms with E-state index in [4.69, 9.17) is 16.1 Å². The molecule has 1 aliphatic carbocycles. The molecular formula is C22H21ClN4O3S. The molecule has 1 amide bonds. The predicted molar refractivity (Wildman–Crippen MR) is 122 cm³/mol. The largest absolute Gasteiger partial charge is 0.360 e. The molecule has 2 atom stereocenters. The second-order valence-electron chi connectivity index (χ2n) is 8.05. The van der Waals surface area contributed by atoms with Crippen LogP contribution in [-0.2, 0) is 4.79 Å². The number of aromatic nitrogens is 3. The summed E-state index contributed by atoms with van der Waals surface area (Å²) in [6.07, 6.45) is 5.63. The van der Waals surface area contributed by atoms with Crippen LogP contribution in [0.2, 0.25) is 5.02 Å². The van der Waals surface area contributed by atoms with Crippen molar-refractivity contribution >= 4 is 55.8 Å². The maximum absolute atomic E-state index is 13.5. The van der Waals surface area contributed by atoms with E-state index in [9.17, 15) is 9.59 Å². The number of fused-ring (bicyclic) bond motifs is 3. The average Bonchev–Trinajstić information content (AvgIpc) is 3.38. The van der Waals surface area contributed by atoms with E-state index in [1.807, 2.05) is 22.1 Å². The third-order valence-corrected chi connectivity index (χ3v) is 7.06. The maximum atomic E-state index is 13.5. The van der Waals surface area contributed by atoms with Gasteiger partial charge in [-0.05, 0) is 44.2 Å². The van der Waals surface area contributed by atoms with Crippen LogP contribution in [0.5, 0.6) is 0 Å². The van der Waals surface area contributed by atoms with Crippen molar-refractivity contribution in [2.45, 2.75) is 45.1 Å². The zero-order valence-electron chi connectivity index (χ0n) is 16.9. The molecule has 1 fully saturated rings. The third-order valence-electron chi connectivity index (χ3n) is 6.06. The summed E-state index contributed by atoms with van der Waals surface area (Å²) in [6, 6.07) is 5.54. The number of anilines is 1. The highest BCUT2D eigenvalue weighted by molar-refractivity contribution is 7.13. The van der Waals surface area contributed by atoms with Gasteiger partial charge in [-0.25, -0.2) is 4.98 Å². The lowest BCUT2D eigenvalue weighted by molar-refractivity contribution is -0.117. The number of carbonyl (C=O) groups is 1. The lowest BCUT2D eigenvalue weighted by atomic mass is 9.83. The Morgan fingerprint density at radius 1 is 1.35 bits per heavy atom. The molecule has 3 heterocycles. The van der Waals surface area contributed by atoms with Crippen LogP contribution < -0.4 is 10.9 Å². The number of benzene rings is 1. The summed E-state index contributed by atoms with van der Waals surface area (Å²) in [4.78, 5) is 30.1. The van der Waals surface area contributed by atoms with Gasteiger partial charge < -0.3 is 14.4 Å². The van der Waals surface area contributed by atoms with Gasteiger partial charge in [-0.15, -0.1) is 11.3 Å². The summed E-state index contributed by atoms with van der Waals surface area (Å²) in [7, 11) is 0. The normalized spacial score (nSPS) is 19.2. The smallest absolute Gasteiger partial charge is 0.264 e. The van der Waals surface area contributed by atoms with Gasteiger partial charge in [0, 0.05) is 29.4 Å². The molecule has 7 nitrogen and oxygen atoms in total. The fourth-order valence-corrected chi connectivity index (χ4v) is 5.54. The molecule has 1 aliphatic rings. The van der Waals surface area contributed by atoms with Gasteiger partial charge in [0.05, 0.1) is 10.5 Å². The van der Waals surface area contributed by atoms with Crippen LogP contribution in [0, 0.1) is 12.8 Å². The van der Waals surface area contributed by atoms with Gasteiger partial charge >= 0.3 is 0 Å². The topological polar surface area (TPSA) is 90.0 Å². The van der Waals surface area contributed by atoms with Crippen LogP contribution in [0.1, 0.15) is 43.9 Å². The molecule has 0 saturated heterocycles. The first-order valence-corrected chi connectivity index (χ1v) is 11.6. The Morgan fingerprint density at radius 3 is 3.03 bits per heavy atom. The van der Waals surface area contributed by atoms with Crippen LogP contribution in [0.25, 0.3) is 21.8 Å². The molecule has 3 aromatic heterocycles. The average molecular weight is 457 g/mol. The number of nitrogens with zero attached hydrogens (tertiary/aromatic N) is 3. The Morgan fingerprint density at radius 2 is 2.23 bits per heavy atom. The Balaban J connectivity index is 1.50. The molecule has 9 heteroatoms. The van der Waals surface area contributed by atoms with Crippen LogP contribution in [0.3, 0.4) is 0 Å². The maximum Gasteiger partial charge on any atom is 0.264 e. The van der Waals surface area contributed by atoms with E-state index in [1.165, 1.54) is 11.3 Å². The summed E-state index contributed by atoms with van der Waals surface area (Å²) in [5.74, 6) is 0.649. The minimum atomic E-state index is -0.110. The van der Waals surface area contributed by atoms with Crippen LogP contribution >= 0.6 is 22.9 Å². The van der Waals surface area contributed by atoms with Gasteiger partial charge in [0.1, 0.15) is 16.7 Å². The van der Waals surface area contributed by atoms with Crippen LogP contribution in [-0.4, -0.2) is 20.6 Å². The van der Waals surface area contributed by atoms with Crippen molar-refractivity contribution in [3.8, 4) is 0 Å².